The standard InChI is InChI=1S/C25H21NO2/c1-27-23-12-11-20-18-8-3-4-9-19(18)21(24(20)25(23)28-2)15-16-13-14-26-22-10-6-5-7-17(16)22/h3-14,21H,15H2,1-2H3. The smallest absolute Gasteiger partial charge is 0.165 e. The van der Waals surface area contributed by atoms with E-state index < -0.39 is 0 Å². The number of aromatic nitrogens is 1. The van der Waals surface area contributed by atoms with Gasteiger partial charge in [-0.05, 0) is 46.9 Å². The minimum atomic E-state index is 0.210. The molecule has 0 bridgehead atoms. The van der Waals surface area contributed by atoms with Crippen LogP contribution in [0.25, 0.3) is 22.0 Å². The molecule has 3 nitrogen and oxygen atoms in total. The maximum Gasteiger partial charge on any atom is 0.165 e. The number of benzene rings is 3. The van der Waals surface area contributed by atoms with Crippen molar-refractivity contribution < 1.29 is 9.47 Å². The lowest BCUT2D eigenvalue weighted by atomic mass is 9.88. The normalized spacial score (nSPS) is 14.6. The van der Waals surface area contributed by atoms with Gasteiger partial charge in [-0.25, -0.2) is 0 Å². The summed E-state index contributed by atoms with van der Waals surface area (Å²) in [6.45, 7) is 0. The van der Waals surface area contributed by atoms with E-state index >= 15 is 0 Å². The van der Waals surface area contributed by atoms with Gasteiger partial charge < -0.3 is 9.47 Å². The SMILES string of the molecule is COc1ccc2c(c1OC)C(Cc1ccnc3ccccc13)c1ccccc1-2. The van der Waals surface area contributed by atoms with E-state index in [0.29, 0.717) is 0 Å². The highest BCUT2D eigenvalue weighted by Crippen LogP contribution is 2.52. The summed E-state index contributed by atoms with van der Waals surface area (Å²) < 4.78 is 11.4. The fourth-order valence-corrected chi connectivity index (χ4v) is 4.50. The summed E-state index contributed by atoms with van der Waals surface area (Å²) in [6, 6.07) is 23.3. The van der Waals surface area contributed by atoms with Crippen LogP contribution in [0.2, 0.25) is 0 Å². The summed E-state index contributed by atoms with van der Waals surface area (Å²) >= 11 is 0. The van der Waals surface area contributed by atoms with E-state index in [1.54, 1.807) is 14.2 Å². The largest absolute Gasteiger partial charge is 0.493 e. The number of hydrogen-bond donors (Lipinski definition) is 0. The fraction of sp³-hybridized carbons (Fsp3) is 0.160. The van der Waals surface area contributed by atoms with Crippen LogP contribution in [-0.2, 0) is 6.42 Å². The number of hydrogen-bond acceptors (Lipinski definition) is 3. The first-order valence-electron chi connectivity index (χ1n) is 9.48. The van der Waals surface area contributed by atoms with E-state index in [4.69, 9.17) is 9.47 Å². The predicted octanol–water partition coefficient (Wildman–Crippen LogP) is 5.61. The van der Waals surface area contributed by atoms with Gasteiger partial charge >= 0.3 is 0 Å². The Labute approximate surface area is 164 Å². The Morgan fingerprint density at radius 2 is 1.64 bits per heavy atom. The van der Waals surface area contributed by atoms with Gasteiger partial charge in [-0.1, -0.05) is 48.5 Å². The molecule has 0 amide bonds. The monoisotopic (exact) mass is 367 g/mol. The average molecular weight is 367 g/mol. The van der Waals surface area contributed by atoms with E-state index in [9.17, 15) is 0 Å². The van der Waals surface area contributed by atoms with Gasteiger partial charge in [-0.2, -0.15) is 0 Å². The van der Waals surface area contributed by atoms with Crippen molar-refractivity contribution in [1.29, 1.82) is 0 Å². The van der Waals surface area contributed by atoms with E-state index in [-0.39, 0.29) is 5.92 Å². The maximum atomic E-state index is 5.83. The lowest BCUT2D eigenvalue weighted by Gasteiger charge is -2.19. The third-order valence-corrected chi connectivity index (χ3v) is 5.72. The van der Waals surface area contributed by atoms with Crippen molar-refractivity contribution in [3.05, 3.63) is 89.6 Å². The van der Waals surface area contributed by atoms with Crippen molar-refractivity contribution in [2.45, 2.75) is 12.3 Å². The Kier molecular flexibility index (Phi) is 4.01. The average Bonchev–Trinajstić information content (AvgIpc) is 3.07. The van der Waals surface area contributed by atoms with Crippen molar-refractivity contribution in [3.8, 4) is 22.6 Å². The van der Waals surface area contributed by atoms with Gasteiger partial charge in [0, 0.05) is 23.1 Å². The molecule has 0 fully saturated rings. The molecule has 1 unspecified atom stereocenters. The summed E-state index contributed by atoms with van der Waals surface area (Å²) in [7, 11) is 3.41. The van der Waals surface area contributed by atoms with Crippen LogP contribution >= 0.6 is 0 Å². The first-order valence-corrected chi connectivity index (χ1v) is 9.48. The predicted molar refractivity (Wildman–Crippen MR) is 112 cm³/mol. The second kappa shape index (κ2) is 6.68. The van der Waals surface area contributed by atoms with Crippen molar-refractivity contribution in [1.82, 2.24) is 4.98 Å². The molecular formula is C25H21NO2. The maximum absolute atomic E-state index is 5.83. The molecule has 0 saturated heterocycles. The van der Waals surface area contributed by atoms with Crippen LogP contribution in [0.5, 0.6) is 11.5 Å². The van der Waals surface area contributed by atoms with Crippen molar-refractivity contribution in [3.63, 3.8) is 0 Å². The topological polar surface area (TPSA) is 31.4 Å². The molecule has 1 aliphatic rings. The summed E-state index contributed by atoms with van der Waals surface area (Å²) in [4.78, 5) is 4.52. The minimum absolute atomic E-state index is 0.210. The molecule has 1 heterocycles. The molecule has 0 spiro atoms. The molecule has 0 radical (unpaired) electrons. The summed E-state index contributed by atoms with van der Waals surface area (Å²) in [5.41, 5.74) is 7.39. The Morgan fingerprint density at radius 3 is 2.50 bits per heavy atom. The molecular weight excluding hydrogens is 346 g/mol. The molecule has 1 atom stereocenters. The molecule has 4 aromatic rings. The summed E-state index contributed by atoms with van der Waals surface area (Å²) in [5.74, 6) is 1.82. The van der Waals surface area contributed by atoms with E-state index in [1.807, 2.05) is 18.3 Å². The van der Waals surface area contributed by atoms with Crippen LogP contribution < -0.4 is 9.47 Å². The number of para-hydroxylation sites is 1. The third kappa shape index (κ3) is 2.47. The quantitative estimate of drug-likeness (QED) is 0.470. The van der Waals surface area contributed by atoms with Gasteiger partial charge in [0.15, 0.2) is 11.5 Å². The van der Waals surface area contributed by atoms with Gasteiger partial charge in [-0.15, -0.1) is 0 Å². The van der Waals surface area contributed by atoms with E-state index in [0.717, 1.165) is 23.4 Å². The van der Waals surface area contributed by atoms with Crippen LogP contribution in [0.15, 0.2) is 72.9 Å². The zero-order valence-corrected chi connectivity index (χ0v) is 16.0. The van der Waals surface area contributed by atoms with Gasteiger partial charge in [0.25, 0.3) is 0 Å². The zero-order valence-electron chi connectivity index (χ0n) is 16.0. The molecule has 0 aliphatic heterocycles. The molecule has 28 heavy (non-hydrogen) atoms. The summed E-state index contributed by atoms with van der Waals surface area (Å²) in [5, 5.41) is 1.21. The van der Waals surface area contributed by atoms with Crippen LogP contribution in [0.1, 0.15) is 22.6 Å². The van der Waals surface area contributed by atoms with Gasteiger partial charge in [0.2, 0.25) is 0 Å². The van der Waals surface area contributed by atoms with Gasteiger partial charge in [0.1, 0.15) is 0 Å². The molecule has 3 aromatic carbocycles. The minimum Gasteiger partial charge on any atom is -0.493 e. The van der Waals surface area contributed by atoms with E-state index in [2.05, 4.69) is 59.6 Å². The Hall–Kier alpha value is -3.33. The molecule has 1 aromatic heterocycles. The molecule has 0 N–H and O–H groups in total. The van der Waals surface area contributed by atoms with Gasteiger partial charge in [-0.3, -0.25) is 4.98 Å². The first-order chi connectivity index (χ1) is 13.8. The molecule has 138 valence electrons. The van der Waals surface area contributed by atoms with Crippen LogP contribution in [0, 0.1) is 0 Å². The molecule has 0 saturated carbocycles. The lowest BCUT2D eigenvalue weighted by molar-refractivity contribution is 0.351. The number of methoxy groups -OCH3 is 2. The first kappa shape index (κ1) is 16.8. The summed E-state index contributed by atoms with van der Waals surface area (Å²) in [6.07, 6.45) is 2.79. The second-order valence-corrected chi connectivity index (χ2v) is 7.09. The van der Waals surface area contributed by atoms with Gasteiger partial charge in [0.05, 0.1) is 19.7 Å². The number of ether oxygens (including phenoxy) is 2. The van der Waals surface area contributed by atoms with Crippen molar-refractivity contribution in [2.75, 3.05) is 14.2 Å². The highest BCUT2D eigenvalue weighted by atomic mass is 16.5. The molecule has 3 heteroatoms. The zero-order chi connectivity index (χ0) is 19.1. The lowest BCUT2D eigenvalue weighted by Crippen LogP contribution is -2.05. The number of nitrogens with zero attached hydrogens (tertiary/aromatic N) is 1. The van der Waals surface area contributed by atoms with Crippen LogP contribution in [-0.4, -0.2) is 19.2 Å². The van der Waals surface area contributed by atoms with Crippen molar-refractivity contribution >= 4 is 10.9 Å². The number of fused-ring (bicyclic) bond motifs is 4. The fourth-order valence-electron chi connectivity index (χ4n) is 4.50. The Balaban J connectivity index is 1.72. The Morgan fingerprint density at radius 1 is 0.821 bits per heavy atom. The van der Waals surface area contributed by atoms with Crippen LogP contribution in [0.3, 0.4) is 0 Å². The van der Waals surface area contributed by atoms with Crippen molar-refractivity contribution in [2.24, 2.45) is 0 Å². The second-order valence-electron chi connectivity index (χ2n) is 7.09. The third-order valence-electron chi connectivity index (χ3n) is 5.72. The number of pyridine rings is 1. The highest BCUT2D eigenvalue weighted by molar-refractivity contribution is 5.85. The van der Waals surface area contributed by atoms with E-state index in [1.165, 1.54) is 33.2 Å². The molecule has 5 rings (SSSR count). The van der Waals surface area contributed by atoms with Crippen LogP contribution in [0.4, 0.5) is 0 Å². The Bertz CT molecular complexity index is 1180. The highest BCUT2D eigenvalue weighted by Gasteiger charge is 2.33. The number of rotatable bonds is 4. The molecule has 1 aliphatic carbocycles.